The second-order valence-electron chi connectivity index (χ2n) is 8.42. The van der Waals surface area contributed by atoms with Crippen molar-refractivity contribution >= 4 is 18.0 Å². The van der Waals surface area contributed by atoms with E-state index >= 15 is 0 Å². The van der Waals surface area contributed by atoms with Gasteiger partial charge in [0.05, 0.1) is 0 Å². The Morgan fingerprint density at radius 1 is 0.929 bits per heavy atom. The van der Waals surface area contributed by atoms with E-state index in [1.54, 1.807) is 41.5 Å². The maximum Gasteiger partial charge on any atom is 0.408 e. The van der Waals surface area contributed by atoms with Gasteiger partial charge in [-0.05, 0) is 53.5 Å². The standard InChI is InChI=1S/C21H31NO6/c1-20(2,3)27-17(23)13-12-16(18(24)28-21(4,5)6)22-19(25)26-14-15-10-8-7-9-11-15/h7-11,16H,12-14H2,1-6H3,(H,22,25). The first-order chi connectivity index (χ1) is 12.9. The van der Waals surface area contributed by atoms with Crippen LogP contribution in [0.5, 0.6) is 0 Å². The zero-order valence-corrected chi connectivity index (χ0v) is 17.5. The average Bonchev–Trinajstić information content (AvgIpc) is 2.54. The minimum Gasteiger partial charge on any atom is -0.460 e. The van der Waals surface area contributed by atoms with Gasteiger partial charge >= 0.3 is 18.0 Å². The van der Waals surface area contributed by atoms with Crippen LogP contribution in [0.2, 0.25) is 0 Å². The van der Waals surface area contributed by atoms with Crippen LogP contribution in [0.3, 0.4) is 0 Å². The molecule has 1 aromatic rings. The number of nitrogens with one attached hydrogen (secondary N) is 1. The number of ether oxygens (including phenoxy) is 3. The normalized spacial score (nSPS) is 12.6. The van der Waals surface area contributed by atoms with Crippen molar-refractivity contribution in [2.24, 2.45) is 0 Å². The van der Waals surface area contributed by atoms with Crippen LogP contribution in [0.25, 0.3) is 0 Å². The Balaban J connectivity index is 2.67. The second kappa shape index (κ2) is 10.1. The number of carbonyl (C=O) groups excluding carboxylic acids is 3. The molecule has 1 amide bonds. The third-order valence-electron chi connectivity index (χ3n) is 3.25. The Labute approximate surface area is 166 Å². The maximum absolute atomic E-state index is 12.4. The molecule has 0 aliphatic heterocycles. The van der Waals surface area contributed by atoms with Crippen LogP contribution in [0, 0.1) is 0 Å². The van der Waals surface area contributed by atoms with Gasteiger partial charge in [-0.1, -0.05) is 30.3 Å². The van der Waals surface area contributed by atoms with Crippen LogP contribution < -0.4 is 5.32 Å². The van der Waals surface area contributed by atoms with Crippen LogP contribution in [0.15, 0.2) is 30.3 Å². The van der Waals surface area contributed by atoms with Crippen LogP contribution in [-0.4, -0.2) is 35.3 Å². The SMILES string of the molecule is CC(C)(C)OC(=O)CCC(NC(=O)OCc1ccccc1)C(=O)OC(C)(C)C. The Hall–Kier alpha value is -2.57. The lowest BCUT2D eigenvalue weighted by Crippen LogP contribution is -2.44. The Bertz CT molecular complexity index is 658. The molecule has 1 aromatic carbocycles. The van der Waals surface area contributed by atoms with Crippen LogP contribution in [-0.2, 0) is 30.4 Å². The van der Waals surface area contributed by atoms with E-state index in [2.05, 4.69) is 5.32 Å². The number of benzene rings is 1. The van der Waals surface area contributed by atoms with Crippen molar-refractivity contribution in [3.8, 4) is 0 Å². The molecule has 0 bridgehead atoms. The molecule has 0 fully saturated rings. The smallest absolute Gasteiger partial charge is 0.408 e. The van der Waals surface area contributed by atoms with E-state index in [0.717, 1.165) is 5.56 Å². The molecule has 0 radical (unpaired) electrons. The Morgan fingerprint density at radius 2 is 1.50 bits per heavy atom. The van der Waals surface area contributed by atoms with E-state index < -0.39 is 35.3 Å². The zero-order valence-electron chi connectivity index (χ0n) is 17.5. The monoisotopic (exact) mass is 393 g/mol. The van der Waals surface area contributed by atoms with Crippen molar-refractivity contribution < 1.29 is 28.6 Å². The lowest BCUT2D eigenvalue weighted by Gasteiger charge is -2.25. The topological polar surface area (TPSA) is 90.9 Å². The highest BCUT2D eigenvalue weighted by Gasteiger charge is 2.28. The van der Waals surface area contributed by atoms with Gasteiger partial charge in [-0.25, -0.2) is 9.59 Å². The molecule has 1 N–H and O–H groups in total. The van der Waals surface area contributed by atoms with Gasteiger partial charge in [0.15, 0.2) is 0 Å². The minimum absolute atomic E-state index is 0.0415. The third kappa shape index (κ3) is 10.5. The molecule has 0 saturated carbocycles. The molecule has 7 heteroatoms. The maximum atomic E-state index is 12.4. The van der Waals surface area contributed by atoms with Gasteiger partial charge < -0.3 is 19.5 Å². The summed E-state index contributed by atoms with van der Waals surface area (Å²) in [5.41, 5.74) is -0.530. The van der Waals surface area contributed by atoms with Crippen molar-refractivity contribution in [2.75, 3.05) is 0 Å². The summed E-state index contributed by atoms with van der Waals surface area (Å²) in [7, 11) is 0. The van der Waals surface area contributed by atoms with E-state index in [-0.39, 0.29) is 19.4 Å². The minimum atomic E-state index is -1.02. The predicted molar refractivity (Wildman–Crippen MR) is 104 cm³/mol. The van der Waals surface area contributed by atoms with Crippen LogP contribution >= 0.6 is 0 Å². The lowest BCUT2D eigenvalue weighted by molar-refractivity contribution is -0.158. The molecule has 1 unspecified atom stereocenters. The number of esters is 2. The summed E-state index contributed by atoms with van der Waals surface area (Å²) in [5, 5.41) is 2.48. The molecule has 0 aromatic heterocycles. The zero-order chi connectivity index (χ0) is 21.4. The Morgan fingerprint density at radius 3 is 2.04 bits per heavy atom. The van der Waals surface area contributed by atoms with Gasteiger partial charge in [-0.3, -0.25) is 4.79 Å². The molecule has 0 aliphatic carbocycles. The summed E-state index contributed by atoms with van der Waals surface area (Å²) in [4.78, 5) is 36.5. The summed E-state index contributed by atoms with van der Waals surface area (Å²) in [6.07, 6.45) is -0.756. The van der Waals surface area contributed by atoms with Gasteiger partial charge in [-0.15, -0.1) is 0 Å². The molecule has 7 nitrogen and oxygen atoms in total. The molecule has 0 aliphatic rings. The quantitative estimate of drug-likeness (QED) is 0.560. The molecular formula is C21H31NO6. The lowest BCUT2D eigenvalue weighted by atomic mass is 10.1. The summed E-state index contributed by atoms with van der Waals surface area (Å²) < 4.78 is 15.7. The number of hydrogen-bond donors (Lipinski definition) is 1. The summed E-state index contributed by atoms with van der Waals surface area (Å²) >= 11 is 0. The molecular weight excluding hydrogens is 362 g/mol. The highest BCUT2D eigenvalue weighted by molar-refractivity contribution is 5.82. The van der Waals surface area contributed by atoms with Gasteiger partial charge in [0.25, 0.3) is 0 Å². The number of alkyl carbamates (subject to hydrolysis) is 1. The molecule has 156 valence electrons. The van der Waals surface area contributed by atoms with Gasteiger partial charge in [0.1, 0.15) is 23.9 Å². The molecule has 1 rings (SSSR count). The number of carbonyl (C=O) groups is 3. The fourth-order valence-electron chi connectivity index (χ4n) is 2.18. The van der Waals surface area contributed by atoms with E-state index in [1.807, 2.05) is 30.3 Å². The first-order valence-corrected chi connectivity index (χ1v) is 9.28. The van der Waals surface area contributed by atoms with Crippen molar-refractivity contribution in [3.63, 3.8) is 0 Å². The van der Waals surface area contributed by atoms with E-state index in [4.69, 9.17) is 14.2 Å². The van der Waals surface area contributed by atoms with Crippen molar-refractivity contribution in [2.45, 2.75) is 78.2 Å². The van der Waals surface area contributed by atoms with Gasteiger partial charge in [-0.2, -0.15) is 0 Å². The molecule has 0 saturated heterocycles. The average molecular weight is 393 g/mol. The highest BCUT2D eigenvalue weighted by Crippen LogP contribution is 2.14. The summed E-state index contributed by atoms with van der Waals surface area (Å²) in [6.45, 7) is 10.5. The molecule has 28 heavy (non-hydrogen) atoms. The second-order valence-corrected chi connectivity index (χ2v) is 8.42. The summed E-state index contributed by atoms with van der Waals surface area (Å²) in [5.74, 6) is -1.09. The van der Waals surface area contributed by atoms with Gasteiger partial charge in [0, 0.05) is 6.42 Å². The van der Waals surface area contributed by atoms with E-state index in [0.29, 0.717) is 0 Å². The molecule has 0 heterocycles. The molecule has 1 atom stereocenters. The number of amides is 1. The van der Waals surface area contributed by atoms with Crippen LogP contribution in [0.4, 0.5) is 4.79 Å². The fourth-order valence-corrected chi connectivity index (χ4v) is 2.18. The predicted octanol–water partition coefficient (Wildman–Crippen LogP) is 3.75. The number of rotatable bonds is 7. The van der Waals surface area contributed by atoms with E-state index in [9.17, 15) is 14.4 Å². The van der Waals surface area contributed by atoms with Crippen LogP contribution in [0.1, 0.15) is 59.9 Å². The third-order valence-corrected chi connectivity index (χ3v) is 3.25. The van der Waals surface area contributed by atoms with Gasteiger partial charge in [0.2, 0.25) is 0 Å². The Kier molecular flexibility index (Phi) is 8.47. The first kappa shape index (κ1) is 23.5. The number of hydrogen-bond acceptors (Lipinski definition) is 6. The van der Waals surface area contributed by atoms with E-state index in [1.165, 1.54) is 0 Å². The van der Waals surface area contributed by atoms with Crippen molar-refractivity contribution in [3.05, 3.63) is 35.9 Å². The molecule has 0 spiro atoms. The van der Waals surface area contributed by atoms with Crippen molar-refractivity contribution in [1.29, 1.82) is 0 Å². The summed E-state index contributed by atoms with van der Waals surface area (Å²) in [6, 6.07) is 8.15. The highest BCUT2D eigenvalue weighted by atomic mass is 16.6. The van der Waals surface area contributed by atoms with Crippen molar-refractivity contribution in [1.82, 2.24) is 5.32 Å². The largest absolute Gasteiger partial charge is 0.460 e. The first-order valence-electron chi connectivity index (χ1n) is 9.28. The fraction of sp³-hybridized carbons (Fsp3) is 0.571.